The van der Waals surface area contributed by atoms with Crippen LogP contribution in [0.4, 0.5) is 5.82 Å². The van der Waals surface area contributed by atoms with Crippen molar-refractivity contribution < 1.29 is 14.3 Å². The van der Waals surface area contributed by atoms with Gasteiger partial charge in [-0.2, -0.15) is 10.5 Å². The van der Waals surface area contributed by atoms with Crippen molar-refractivity contribution in [3.05, 3.63) is 75.1 Å². The molecule has 0 saturated heterocycles. The van der Waals surface area contributed by atoms with Crippen molar-refractivity contribution in [2.24, 2.45) is 0 Å². The Morgan fingerprint density at radius 2 is 1.74 bits per heavy atom. The maximum Gasteiger partial charge on any atom is 0.343 e. The number of nitrogens with zero attached hydrogens (tertiary/aromatic N) is 2. The Balaban J connectivity index is 2.09. The number of hydrogen-bond donors (Lipinski definition) is 2. The van der Waals surface area contributed by atoms with Gasteiger partial charge in [0.2, 0.25) is 0 Å². The fraction of sp³-hybridized carbons (Fsp3) is 0.130. The first-order valence-electron chi connectivity index (χ1n) is 9.31. The number of hydrogen-bond acceptors (Lipinski definition) is 7. The van der Waals surface area contributed by atoms with Crippen molar-refractivity contribution in [1.29, 1.82) is 10.5 Å². The maximum absolute atomic E-state index is 12.5. The Morgan fingerprint density at radius 3 is 2.35 bits per heavy atom. The van der Waals surface area contributed by atoms with E-state index in [2.05, 4.69) is 4.98 Å². The molecule has 3 N–H and O–H groups in total. The first kappa shape index (κ1) is 21.2. The molecule has 8 heteroatoms. The van der Waals surface area contributed by atoms with Crippen LogP contribution in [0.2, 0.25) is 0 Å². The number of H-pyrrole nitrogens is 1. The Morgan fingerprint density at radius 1 is 1.06 bits per heavy atom. The minimum Gasteiger partial charge on any atom is -0.490 e. The van der Waals surface area contributed by atoms with Gasteiger partial charge in [0.25, 0.3) is 5.56 Å². The number of anilines is 1. The molecule has 154 valence electrons. The second kappa shape index (κ2) is 8.85. The van der Waals surface area contributed by atoms with E-state index in [1.54, 1.807) is 31.2 Å². The van der Waals surface area contributed by atoms with Crippen LogP contribution in [-0.4, -0.2) is 17.6 Å². The topological polar surface area (TPSA) is 142 Å². The van der Waals surface area contributed by atoms with Crippen LogP contribution in [0.15, 0.2) is 47.3 Å². The number of aromatic amines is 1. The lowest BCUT2D eigenvalue weighted by Crippen LogP contribution is -2.16. The summed E-state index contributed by atoms with van der Waals surface area (Å²) in [4.78, 5) is 27.0. The van der Waals surface area contributed by atoms with E-state index in [0.717, 1.165) is 5.56 Å². The Hall–Kier alpha value is -4.56. The van der Waals surface area contributed by atoms with E-state index in [1.807, 2.05) is 19.1 Å². The fourth-order valence-corrected chi connectivity index (χ4v) is 3.00. The molecule has 3 rings (SSSR count). The zero-order valence-corrected chi connectivity index (χ0v) is 16.9. The molecule has 2 aromatic carbocycles. The first-order chi connectivity index (χ1) is 14.9. The number of aromatic nitrogens is 1. The lowest BCUT2D eigenvalue weighted by molar-refractivity contribution is 0.0728. The number of pyridine rings is 1. The van der Waals surface area contributed by atoms with Crippen molar-refractivity contribution in [1.82, 2.24) is 4.98 Å². The van der Waals surface area contributed by atoms with E-state index >= 15 is 0 Å². The molecule has 0 amide bonds. The van der Waals surface area contributed by atoms with Crippen LogP contribution >= 0.6 is 0 Å². The number of esters is 1. The van der Waals surface area contributed by atoms with Crippen molar-refractivity contribution in [3.8, 4) is 34.8 Å². The van der Waals surface area contributed by atoms with Crippen LogP contribution in [0.3, 0.4) is 0 Å². The van der Waals surface area contributed by atoms with Gasteiger partial charge in [-0.15, -0.1) is 0 Å². The van der Waals surface area contributed by atoms with Crippen LogP contribution < -0.4 is 20.8 Å². The average Bonchev–Trinajstić information content (AvgIpc) is 2.75. The van der Waals surface area contributed by atoms with E-state index < -0.39 is 11.5 Å². The van der Waals surface area contributed by atoms with Gasteiger partial charge in [0.1, 0.15) is 29.1 Å². The van der Waals surface area contributed by atoms with Crippen LogP contribution in [0, 0.1) is 29.6 Å². The third-order valence-corrected chi connectivity index (χ3v) is 4.49. The highest BCUT2D eigenvalue weighted by Gasteiger charge is 2.20. The van der Waals surface area contributed by atoms with E-state index in [1.165, 1.54) is 18.2 Å². The number of aryl methyl sites for hydroxylation is 1. The van der Waals surface area contributed by atoms with Gasteiger partial charge in [0.15, 0.2) is 11.5 Å². The van der Waals surface area contributed by atoms with Crippen LogP contribution in [0.5, 0.6) is 11.5 Å². The highest BCUT2D eigenvalue weighted by Crippen LogP contribution is 2.36. The summed E-state index contributed by atoms with van der Waals surface area (Å²) in [6.07, 6.45) is 0. The number of carbonyl (C=O) groups is 1. The second-order valence-electron chi connectivity index (χ2n) is 6.57. The van der Waals surface area contributed by atoms with Crippen molar-refractivity contribution >= 4 is 11.8 Å². The average molecular weight is 414 g/mol. The molecule has 0 unspecified atom stereocenters. The van der Waals surface area contributed by atoms with Crippen LogP contribution in [0.25, 0.3) is 11.1 Å². The normalized spacial score (nSPS) is 10.1. The third kappa shape index (κ3) is 4.24. The number of ether oxygens (including phenoxy) is 2. The van der Waals surface area contributed by atoms with Gasteiger partial charge in [-0.25, -0.2) is 4.79 Å². The quantitative estimate of drug-likeness (QED) is 0.482. The van der Waals surface area contributed by atoms with Gasteiger partial charge >= 0.3 is 5.97 Å². The number of nitrogen functional groups attached to an aromatic ring is 1. The number of nitrogens with two attached hydrogens (primary N) is 1. The van der Waals surface area contributed by atoms with E-state index in [9.17, 15) is 20.1 Å². The van der Waals surface area contributed by atoms with E-state index in [0.29, 0.717) is 11.1 Å². The SMILES string of the molecule is CCOc1cc(-c2c(C#N)c(N)[nH]c(=O)c2C#N)ccc1OC(=O)c1ccc(C)cc1. The number of benzene rings is 2. The standard InChI is InChI=1S/C23H18N4O4/c1-3-30-19-10-15(20-16(11-24)21(26)27-22(28)17(20)12-25)8-9-18(19)31-23(29)14-6-4-13(2)5-7-14/h4-10H,3H2,1-2H3,(H3,26,27,28). The molecule has 3 aromatic rings. The predicted octanol–water partition coefficient (Wildman–Crippen LogP) is 3.29. The monoisotopic (exact) mass is 414 g/mol. The second-order valence-corrected chi connectivity index (χ2v) is 6.57. The molecule has 0 saturated carbocycles. The first-order valence-corrected chi connectivity index (χ1v) is 9.31. The lowest BCUT2D eigenvalue weighted by atomic mass is 9.96. The summed E-state index contributed by atoms with van der Waals surface area (Å²) >= 11 is 0. The smallest absolute Gasteiger partial charge is 0.343 e. The summed E-state index contributed by atoms with van der Waals surface area (Å²) in [6, 6.07) is 15.1. The van der Waals surface area contributed by atoms with Gasteiger partial charge in [0.05, 0.1) is 12.2 Å². The van der Waals surface area contributed by atoms with Crippen LogP contribution in [0.1, 0.15) is 34.0 Å². The molecule has 1 aromatic heterocycles. The number of nitrogens with one attached hydrogen (secondary N) is 1. The summed E-state index contributed by atoms with van der Waals surface area (Å²) < 4.78 is 11.1. The summed E-state index contributed by atoms with van der Waals surface area (Å²) in [5.74, 6) is -0.336. The molecule has 0 atom stereocenters. The molecule has 0 radical (unpaired) electrons. The Kier molecular flexibility index (Phi) is 6.04. The Labute approximate surface area is 178 Å². The molecule has 31 heavy (non-hydrogen) atoms. The van der Waals surface area contributed by atoms with Gasteiger partial charge in [-0.1, -0.05) is 23.8 Å². The molecular formula is C23H18N4O4. The maximum atomic E-state index is 12.5. The summed E-state index contributed by atoms with van der Waals surface area (Å²) in [5, 5.41) is 18.9. The Bertz CT molecular complexity index is 1300. The molecule has 8 nitrogen and oxygen atoms in total. The summed E-state index contributed by atoms with van der Waals surface area (Å²) in [7, 11) is 0. The number of rotatable bonds is 5. The molecule has 0 fully saturated rings. The van der Waals surface area contributed by atoms with Crippen molar-refractivity contribution in [3.63, 3.8) is 0 Å². The van der Waals surface area contributed by atoms with Gasteiger partial charge in [-0.05, 0) is 43.7 Å². The molecule has 0 aliphatic rings. The molecular weight excluding hydrogens is 396 g/mol. The fourth-order valence-electron chi connectivity index (χ4n) is 3.00. The molecule has 0 bridgehead atoms. The van der Waals surface area contributed by atoms with Crippen molar-refractivity contribution in [2.75, 3.05) is 12.3 Å². The predicted molar refractivity (Wildman–Crippen MR) is 114 cm³/mol. The largest absolute Gasteiger partial charge is 0.490 e. The van der Waals surface area contributed by atoms with E-state index in [-0.39, 0.29) is 40.6 Å². The number of nitriles is 2. The summed E-state index contributed by atoms with van der Waals surface area (Å²) in [6.45, 7) is 3.94. The summed E-state index contributed by atoms with van der Waals surface area (Å²) in [5.41, 5.74) is 6.60. The zero-order chi connectivity index (χ0) is 22.5. The van der Waals surface area contributed by atoms with Gasteiger partial charge < -0.3 is 20.2 Å². The van der Waals surface area contributed by atoms with Crippen LogP contribution in [-0.2, 0) is 0 Å². The minimum absolute atomic E-state index is 0.0389. The van der Waals surface area contributed by atoms with Gasteiger partial charge in [0, 0.05) is 5.56 Å². The highest BCUT2D eigenvalue weighted by atomic mass is 16.6. The highest BCUT2D eigenvalue weighted by molar-refractivity contribution is 5.91. The molecule has 0 aliphatic carbocycles. The number of carbonyl (C=O) groups excluding carboxylic acids is 1. The zero-order valence-electron chi connectivity index (χ0n) is 16.9. The van der Waals surface area contributed by atoms with E-state index in [4.69, 9.17) is 15.2 Å². The third-order valence-electron chi connectivity index (χ3n) is 4.49. The molecule has 0 aliphatic heterocycles. The van der Waals surface area contributed by atoms with Gasteiger partial charge in [-0.3, -0.25) is 4.79 Å². The lowest BCUT2D eigenvalue weighted by Gasteiger charge is -2.14. The van der Waals surface area contributed by atoms with Crippen molar-refractivity contribution in [2.45, 2.75) is 13.8 Å². The minimum atomic E-state index is -0.707. The molecule has 1 heterocycles. The molecule has 0 spiro atoms.